The maximum atomic E-state index is 12.2. The molecule has 0 radical (unpaired) electrons. The molecule has 0 aliphatic carbocycles. The number of rotatable bonds is 3. The van der Waals surface area contributed by atoms with Gasteiger partial charge in [-0.05, 0) is 18.2 Å². The maximum absolute atomic E-state index is 12.2. The zero-order chi connectivity index (χ0) is 13.1. The molecule has 0 amide bonds. The Morgan fingerprint density at radius 1 is 1.37 bits per heavy atom. The quantitative estimate of drug-likeness (QED) is 0.834. The van der Waals surface area contributed by atoms with E-state index in [1.807, 2.05) is 30.3 Å². The van der Waals surface area contributed by atoms with Crippen molar-refractivity contribution in [3.63, 3.8) is 0 Å². The molecule has 1 saturated heterocycles. The lowest BCUT2D eigenvalue weighted by atomic mass is 9.96. The van der Waals surface area contributed by atoms with Gasteiger partial charge in [0.05, 0.1) is 12.6 Å². The third kappa shape index (κ3) is 2.63. The van der Waals surface area contributed by atoms with Gasteiger partial charge in [-0.1, -0.05) is 36.4 Å². The zero-order valence-electron chi connectivity index (χ0n) is 10.8. The first kappa shape index (κ1) is 12.2. The molecule has 19 heavy (non-hydrogen) atoms. The summed E-state index contributed by atoms with van der Waals surface area (Å²) >= 11 is 0. The molecule has 2 heterocycles. The summed E-state index contributed by atoms with van der Waals surface area (Å²) < 4.78 is 5.44. The van der Waals surface area contributed by atoms with Crippen molar-refractivity contribution < 1.29 is 9.53 Å². The molecule has 1 aromatic rings. The maximum Gasteiger partial charge on any atom is 0.312 e. The lowest BCUT2D eigenvalue weighted by Gasteiger charge is -2.36. The van der Waals surface area contributed by atoms with E-state index in [0.717, 1.165) is 18.7 Å². The van der Waals surface area contributed by atoms with E-state index in [-0.39, 0.29) is 17.9 Å². The van der Waals surface area contributed by atoms with Crippen LogP contribution in [0.3, 0.4) is 0 Å². The van der Waals surface area contributed by atoms with E-state index < -0.39 is 0 Å². The molecule has 4 nitrogen and oxygen atoms in total. The normalized spacial score (nSPS) is 25.2. The third-order valence-electron chi connectivity index (χ3n) is 3.75. The van der Waals surface area contributed by atoms with Gasteiger partial charge in [0, 0.05) is 12.6 Å². The van der Waals surface area contributed by atoms with Gasteiger partial charge in [-0.15, -0.1) is 0 Å². The van der Waals surface area contributed by atoms with Crippen LogP contribution in [0.15, 0.2) is 42.6 Å². The van der Waals surface area contributed by atoms with E-state index in [4.69, 9.17) is 4.74 Å². The fourth-order valence-electron chi connectivity index (χ4n) is 2.71. The first-order valence-corrected chi connectivity index (χ1v) is 6.68. The van der Waals surface area contributed by atoms with Gasteiger partial charge in [0.1, 0.15) is 6.61 Å². The number of ether oxygens (including phenoxy) is 1. The fourth-order valence-corrected chi connectivity index (χ4v) is 2.71. The second kappa shape index (κ2) is 5.45. The number of nitrogens with one attached hydrogen (secondary N) is 1. The van der Waals surface area contributed by atoms with Crippen molar-refractivity contribution in [2.75, 3.05) is 13.2 Å². The second-order valence-corrected chi connectivity index (χ2v) is 5.01. The Morgan fingerprint density at radius 2 is 2.21 bits per heavy atom. The molecule has 3 rings (SSSR count). The Morgan fingerprint density at radius 3 is 3.05 bits per heavy atom. The third-order valence-corrected chi connectivity index (χ3v) is 3.75. The predicted octanol–water partition coefficient (Wildman–Crippen LogP) is 1.49. The Balaban J connectivity index is 1.58. The van der Waals surface area contributed by atoms with E-state index >= 15 is 0 Å². The Labute approximate surface area is 113 Å². The molecule has 0 saturated carbocycles. The molecular formula is C15H18N2O2. The standard InChI is InChI=1S/C15H18N2O2/c18-15(19-10-12-5-2-1-3-6-12)13-9-16-11-17-8-4-7-14(13)17/h1-6,8,13-14,16H,7,9-11H2. The summed E-state index contributed by atoms with van der Waals surface area (Å²) in [6, 6.07) is 10.1. The lowest BCUT2D eigenvalue weighted by Crippen LogP contribution is -2.52. The van der Waals surface area contributed by atoms with Gasteiger partial charge in [0.25, 0.3) is 0 Å². The first-order valence-electron chi connectivity index (χ1n) is 6.68. The number of fused-ring (bicyclic) bond motifs is 1. The van der Waals surface area contributed by atoms with Crippen molar-refractivity contribution in [2.45, 2.75) is 19.1 Å². The minimum absolute atomic E-state index is 0.0764. The molecule has 0 bridgehead atoms. The minimum Gasteiger partial charge on any atom is -0.461 e. The van der Waals surface area contributed by atoms with Gasteiger partial charge in [-0.2, -0.15) is 0 Å². The number of hydrogen-bond donors (Lipinski definition) is 1. The van der Waals surface area contributed by atoms with Crippen LogP contribution >= 0.6 is 0 Å². The Bertz CT molecular complexity index is 472. The van der Waals surface area contributed by atoms with Crippen LogP contribution in [0.4, 0.5) is 0 Å². The summed E-state index contributed by atoms with van der Waals surface area (Å²) in [5.74, 6) is -0.179. The minimum atomic E-state index is -0.102. The highest BCUT2D eigenvalue weighted by atomic mass is 16.5. The van der Waals surface area contributed by atoms with E-state index in [2.05, 4.69) is 22.5 Å². The number of esters is 1. The number of nitrogens with zero attached hydrogens (tertiary/aromatic N) is 1. The molecule has 1 aromatic carbocycles. The van der Waals surface area contributed by atoms with Gasteiger partial charge in [-0.3, -0.25) is 10.1 Å². The first-order chi connectivity index (χ1) is 9.34. The molecule has 2 aliphatic heterocycles. The van der Waals surface area contributed by atoms with Crippen molar-refractivity contribution in [3.8, 4) is 0 Å². The van der Waals surface area contributed by atoms with Crippen LogP contribution in [0, 0.1) is 5.92 Å². The second-order valence-electron chi connectivity index (χ2n) is 5.01. The summed E-state index contributed by atoms with van der Waals surface area (Å²) in [5, 5.41) is 3.26. The molecular weight excluding hydrogens is 240 g/mol. The molecule has 1 N–H and O–H groups in total. The molecule has 2 aliphatic rings. The highest BCUT2D eigenvalue weighted by Gasteiger charge is 2.37. The van der Waals surface area contributed by atoms with E-state index in [0.29, 0.717) is 13.2 Å². The number of hydrogen-bond acceptors (Lipinski definition) is 4. The topological polar surface area (TPSA) is 41.6 Å². The molecule has 100 valence electrons. The smallest absolute Gasteiger partial charge is 0.312 e. The average Bonchev–Trinajstić information content (AvgIpc) is 2.94. The summed E-state index contributed by atoms with van der Waals surface area (Å²) in [7, 11) is 0. The summed E-state index contributed by atoms with van der Waals surface area (Å²) in [6.45, 7) is 1.89. The van der Waals surface area contributed by atoms with Gasteiger partial charge >= 0.3 is 5.97 Å². The molecule has 0 spiro atoms. The predicted molar refractivity (Wildman–Crippen MR) is 72.0 cm³/mol. The number of benzene rings is 1. The van der Waals surface area contributed by atoms with Crippen LogP contribution in [-0.2, 0) is 16.1 Å². The lowest BCUT2D eigenvalue weighted by molar-refractivity contribution is -0.152. The number of carbonyl (C=O) groups is 1. The van der Waals surface area contributed by atoms with Crippen molar-refractivity contribution in [3.05, 3.63) is 48.2 Å². The average molecular weight is 258 g/mol. The summed E-state index contributed by atoms with van der Waals surface area (Å²) in [6.07, 6.45) is 5.12. The Hall–Kier alpha value is -1.81. The van der Waals surface area contributed by atoms with E-state index in [1.165, 1.54) is 0 Å². The van der Waals surface area contributed by atoms with Crippen molar-refractivity contribution in [1.29, 1.82) is 0 Å². The van der Waals surface area contributed by atoms with Crippen molar-refractivity contribution in [2.24, 2.45) is 5.92 Å². The van der Waals surface area contributed by atoms with Crippen LogP contribution in [0.2, 0.25) is 0 Å². The molecule has 2 atom stereocenters. The molecule has 0 aromatic heterocycles. The van der Waals surface area contributed by atoms with E-state index in [1.54, 1.807) is 0 Å². The van der Waals surface area contributed by atoms with Crippen LogP contribution in [0.1, 0.15) is 12.0 Å². The number of carbonyl (C=O) groups excluding carboxylic acids is 1. The molecule has 1 fully saturated rings. The summed E-state index contributed by atoms with van der Waals surface area (Å²) in [5.41, 5.74) is 1.03. The highest BCUT2D eigenvalue weighted by Crippen LogP contribution is 2.25. The van der Waals surface area contributed by atoms with Crippen LogP contribution in [0.5, 0.6) is 0 Å². The van der Waals surface area contributed by atoms with Crippen molar-refractivity contribution >= 4 is 5.97 Å². The molecule has 2 unspecified atom stereocenters. The van der Waals surface area contributed by atoms with Gasteiger partial charge < -0.3 is 9.64 Å². The van der Waals surface area contributed by atoms with Crippen LogP contribution < -0.4 is 5.32 Å². The Kier molecular flexibility index (Phi) is 3.51. The zero-order valence-corrected chi connectivity index (χ0v) is 10.8. The summed E-state index contributed by atoms with van der Waals surface area (Å²) in [4.78, 5) is 14.4. The molecule has 4 heteroatoms. The largest absolute Gasteiger partial charge is 0.461 e. The highest BCUT2D eigenvalue weighted by molar-refractivity contribution is 5.74. The van der Waals surface area contributed by atoms with E-state index in [9.17, 15) is 4.79 Å². The van der Waals surface area contributed by atoms with Gasteiger partial charge in [0.2, 0.25) is 0 Å². The van der Waals surface area contributed by atoms with Crippen LogP contribution in [-0.4, -0.2) is 30.1 Å². The SMILES string of the molecule is O=C(OCc1ccccc1)C1CNCN2C=CCC12. The monoisotopic (exact) mass is 258 g/mol. The van der Waals surface area contributed by atoms with Gasteiger partial charge in [-0.25, -0.2) is 0 Å². The van der Waals surface area contributed by atoms with Crippen LogP contribution in [0.25, 0.3) is 0 Å². The van der Waals surface area contributed by atoms with Crippen molar-refractivity contribution in [1.82, 2.24) is 10.2 Å². The van der Waals surface area contributed by atoms with Gasteiger partial charge in [0.15, 0.2) is 0 Å². The fraction of sp³-hybridized carbons (Fsp3) is 0.400.